The molecular formula is C16H24N2O3. The maximum atomic E-state index is 12.3. The van der Waals surface area contributed by atoms with Gasteiger partial charge in [-0.1, -0.05) is 6.07 Å². The van der Waals surface area contributed by atoms with Crippen LogP contribution in [0.4, 0.5) is 10.5 Å². The molecule has 0 aliphatic carbocycles. The topological polar surface area (TPSA) is 61.8 Å². The number of carbonyl (C=O) groups is 1. The van der Waals surface area contributed by atoms with E-state index < -0.39 is 0 Å². The van der Waals surface area contributed by atoms with Gasteiger partial charge in [0.05, 0.1) is 18.9 Å². The van der Waals surface area contributed by atoms with Crippen LogP contribution in [0.5, 0.6) is 5.75 Å². The molecule has 1 unspecified atom stereocenters. The summed E-state index contributed by atoms with van der Waals surface area (Å²) < 4.78 is 5.30. The normalized spacial score (nSPS) is 17.4. The third-order valence-electron chi connectivity index (χ3n) is 4.11. The third kappa shape index (κ3) is 3.88. The molecule has 1 aliphatic rings. The van der Waals surface area contributed by atoms with Crippen molar-refractivity contribution in [2.45, 2.75) is 32.8 Å². The maximum absolute atomic E-state index is 12.3. The fraction of sp³-hybridized carbons (Fsp3) is 0.562. The van der Waals surface area contributed by atoms with E-state index in [1.54, 1.807) is 12.0 Å². The largest absolute Gasteiger partial charge is 0.495 e. The lowest BCUT2D eigenvalue weighted by atomic mass is 9.92. The van der Waals surface area contributed by atoms with E-state index in [-0.39, 0.29) is 12.1 Å². The van der Waals surface area contributed by atoms with Crippen LogP contribution in [0.15, 0.2) is 18.2 Å². The minimum Gasteiger partial charge on any atom is -0.495 e. The Morgan fingerprint density at radius 2 is 2.10 bits per heavy atom. The second-order valence-electron chi connectivity index (χ2n) is 5.70. The molecule has 1 heterocycles. The Hall–Kier alpha value is -1.75. The summed E-state index contributed by atoms with van der Waals surface area (Å²) in [4.78, 5) is 14.1. The number of likely N-dealkylation sites (tertiary alicyclic amines) is 1. The molecule has 21 heavy (non-hydrogen) atoms. The monoisotopic (exact) mass is 292 g/mol. The lowest BCUT2D eigenvalue weighted by Gasteiger charge is -2.33. The molecule has 1 fully saturated rings. The number of nitrogens with one attached hydrogen (secondary N) is 1. The van der Waals surface area contributed by atoms with Gasteiger partial charge in [-0.2, -0.15) is 0 Å². The van der Waals surface area contributed by atoms with E-state index >= 15 is 0 Å². The van der Waals surface area contributed by atoms with Crippen LogP contribution in [-0.2, 0) is 0 Å². The van der Waals surface area contributed by atoms with Gasteiger partial charge in [0.2, 0.25) is 0 Å². The lowest BCUT2D eigenvalue weighted by Crippen LogP contribution is -2.42. The highest BCUT2D eigenvalue weighted by Crippen LogP contribution is 2.26. The van der Waals surface area contributed by atoms with Gasteiger partial charge in [-0.15, -0.1) is 0 Å². The van der Waals surface area contributed by atoms with Gasteiger partial charge < -0.3 is 20.1 Å². The number of piperidine rings is 1. The molecule has 0 spiro atoms. The average Bonchev–Trinajstić information content (AvgIpc) is 2.49. The number of amides is 2. The number of rotatable bonds is 3. The van der Waals surface area contributed by atoms with Crippen molar-refractivity contribution in [2.75, 3.05) is 25.5 Å². The van der Waals surface area contributed by atoms with E-state index in [2.05, 4.69) is 5.32 Å². The molecule has 5 nitrogen and oxygen atoms in total. The van der Waals surface area contributed by atoms with Gasteiger partial charge in [-0.3, -0.25) is 0 Å². The average molecular weight is 292 g/mol. The Morgan fingerprint density at radius 3 is 2.67 bits per heavy atom. The number of ether oxygens (including phenoxy) is 1. The highest BCUT2D eigenvalue weighted by molar-refractivity contribution is 5.91. The molecule has 2 rings (SSSR count). The molecule has 0 radical (unpaired) electrons. The first-order valence-corrected chi connectivity index (χ1v) is 7.40. The first kappa shape index (κ1) is 15.6. The molecule has 1 aromatic carbocycles. The quantitative estimate of drug-likeness (QED) is 0.900. The first-order chi connectivity index (χ1) is 10.0. The van der Waals surface area contributed by atoms with Gasteiger partial charge in [0, 0.05) is 13.1 Å². The van der Waals surface area contributed by atoms with Crippen LogP contribution >= 0.6 is 0 Å². The molecule has 1 saturated heterocycles. The van der Waals surface area contributed by atoms with Crippen LogP contribution in [0.2, 0.25) is 0 Å². The van der Waals surface area contributed by atoms with Crippen molar-refractivity contribution in [1.29, 1.82) is 0 Å². The van der Waals surface area contributed by atoms with Crippen LogP contribution in [0.25, 0.3) is 0 Å². The maximum Gasteiger partial charge on any atom is 0.321 e. The predicted octanol–water partition coefficient (Wildman–Crippen LogP) is 2.63. The molecule has 2 N–H and O–H groups in total. The number of nitrogens with zero attached hydrogens (tertiary/aromatic N) is 1. The van der Waals surface area contributed by atoms with E-state index in [0.29, 0.717) is 30.4 Å². The van der Waals surface area contributed by atoms with Gasteiger partial charge in [-0.25, -0.2) is 4.79 Å². The van der Waals surface area contributed by atoms with Crippen LogP contribution < -0.4 is 10.1 Å². The zero-order valence-electron chi connectivity index (χ0n) is 12.9. The number of hydrogen-bond acceptors (Lipinski definition) is 3. The van der Waals surface area contributed by atoms with E-state index in [4.69, 9.17) is 4.74 Å². The number of carbonyl (C=O) groups excluding carboxylic acids is 1. The minimum absolute atomic E-state index is 0.110. The van der Waals surface area contributed by atoms with Gasteiger partial charge in [0.25, 0.3) is 0 Å². The number of urea groups is 1. The van der Waals surface area contributed by atoms with Crippen molar-refractivity contribution < 1.29 is 14.6 Å². The number of methoxy groups -OCH3 is 1. The van der Waals surface area contributed by atoms with Gasteiger partial charge in [0.1, 0.15) is 5.75 Å². The second kappa shape index (κ2) is 6.80. The smallest absolute Gasteiger partial charge is 0.321 e. The summed E-state index contributed by atoms with van der Waals surface area (Å²) in [6.07, 6.45) is 1.39. The van der Waals surface area contributed by atoms with Crippen molar-refractivity contribution in [3.8, 4) is 5.75 Å². The molecule has 116 valence electrons. The number of anilines is 1. The lowest BCUT2D eigenvalue weighted by molar-refractivity contribution is 0.0820. The summed E-state index contributed by atoms with van der Waals surface area (Å²) in [5.74, 6) is 0.963. The number of aliphatic hydroxyl groups excluding tert-OH is 1. The van der Waals surface area contributed by atoms with E-state index in [9.17, 15) is 9.90 Å². The highest BCUT2D eigenvalue weighted by Gasteiger charge is 2.25. The molecule has 1 atom stereocenters. The number of aliphatic hydroxyl groups is 1. The second-order valence-corrected chi connectivity index (χ2v) is 5.70. The summed E-state index contributed by atoms with van der Waals surface area (Å²) in [6.45, 7) is 5.15. The Morgan fingerprint density at radius 1 is 1.43 bits per heavy atom. The molecule has 1 aliphatic heterocycles. The highest BCUT2D eigenvalue weighted by atomic mass is 16.5. The van der Waals surface area contributed by atoms with Crippen molar-refractivity contribution in [1.82, 2.24) is 4.90 Å². The van der Waals surface area contributed by atoms with Crippen LogP contribution in [0, 0.1) is 12.8 Å². The Labute approximate surface area is 125 Å². The van der Waals surface area contributed by atoms with Crippen molar-refractivity contribution in [3.63, 3.8) is 0 Å². The molecule has 1 aromatic rings. The molecular weight excluding hydrogens is 268 g/mol. The van der Waals surface area contributed by atoms with Crippen molar-refractivity contribution in [3.05, 3.63) is 23.8 Å². The summed E-state index contributed by atoms with van der Waals surface area (Å²) in [5, 5.41) is 12.5. The fourth-order valence-electron chi connectivity index (χ4n) is 2.68. The summed E-state index contributed by atoms with van der Waals surface area (Å²) in [5.41, 5.74) is 1.77. The Bertz CT molecular complexity index is 494. The number of benzene rings is 1. The molecule has 2 amide bonds. The van der Waals surface area contributed by atoms with E-state index in [1.807, 2.05) is 32.0 Å². The fourth-order valence-corrected chi connectivity index (χ4v) is 2.68. The SMILES string of the molecule is COc1cc(C)ccc1NC(=O)N1CCC(C(C)O)CC1. The van der Waals surface area contributed by atoms with E-state index in [1.165, 1.54) is 0 Å². The minimum atomic E-state index is -0.299. The third-order valence-corrected chi connectivity index (χ3v) is 4.11. The van der Waals surface area contributed by atoms with Gasteiger partial charge in [-0.05, 0) is 50.3 Å². The van der Waals surface area contributed by atoms with Gasteiger partial charge in [0.15, 0.2) is 0 Å². The Kier molecular flexibility index (Phi) is 5.07. The van der Waals surface area contributed by atoms with Crippen LogP contribution in [0.3, 0.4) is 0 Å². The summed E-state index contributed by atoms with van der Waals surface area (Å²) >= 11 is 0. The van der Waals surface area contributed by atoms with Crippen molar-refractivity contribution in [2.24, 2.45) is 5.92 Å². The van der Waals surface area contributed by atoms with E-state index in [0.717, 1.165) is 18.4 Å². The standard InChI is InChI=1S/C16H24N2O3/c1-11-4-5-14(15(10-11)21-3)17-16(20)18-8-6-13(7-9-18)12(2)19/h4-5,10,12-13,19H,6-9H2,1-3H3,(H,17,20). The van der Waals surface area contributed by atoms with Crippen LogP contribution in [-0.4, -0.2) is 42.3 Å². The van der Waals surface area contributed by atoms with Crippen LogP contribution in [0.1, 0.15) is 25.3 Å². The predicted molar refractivity (Wildman–Crippen MR) is 82.7 cm³/mol. The summed E-state index contributed by atoms with van der Waals surface area (Å²) in [7, 11) is 1.60. The Balaban J connectivity index is 1.96. The molecule has 0 aromatic heterocycles. The summed E-state index contributed by atoms with van der Waals surface area (Å²) in [6, 6.07) is 5.59. The van der Waals surface area contributed by atoms with Gasteiger partial charge >= 0.3 is 6.03 Å². The number of hydrogen-bond donors (Lipinski definition) is 2. The molecule has 0 bridgehead atoms. The zero-order chi connectivity index (χ0) is 15.4. The molecule has 0 saturated carbocycles. The number of aryl methyl sites for hydroxylation is 1. The molecule has 5 heteroatoms. The first-order valence-electron chi connectivity index (χ1n) is 7.40. The van der Waals surface area contributed by atoms with Crippen molar-refractivity contribution >= 4 is 11.7 Å². The zero-order valence-corrected chi connectivity index (χ0v) is 12.9.